The zero-order valence-electron chi connectivity index (χ0n) is 16.5. The van der Waals surface area contributed by atoms with Gasteiger partial charge in [0.1, 0.15) is 5.92 Å². The highest BCUT2D eigenvalue weighted by Gasteiger charge is 2.68. The molecular formula is C21H34O3. The number of carbonyl (C=O) groups excluding carboxylic acids is 2. The van der Waals surface area contributed by atoms with Crippen molar-refractivity contribution >= 4 is 11.8 Å². The van der Waals surface area contributed by atoms with Gasteiger partial charge in [0.2, 0.25) is 0 Å². The van der Waals surface area contributed by atoms with E-state index in [9.17, 15) is 9.59 Å². The summed E-state index contributed by atoms with van der Waals surface area (Å²) in [7, 11) is 0. The van der Waals surface area contributed by atoms with E-state index in [1.54, 1.807) is 0 Å². The molecule has 3 fully saturated rings. The molecule has 0 aromatic heterocycles. The molecule has 0 aromatic carbocycles. The Labute approximate surface area is 146 Å². The van der Waals surface area contributed by atoms with Gasteiger partial charge >= 0.3 is 5.97 Å². The summed E-state index contributed by atoms with van der Waals surface area (Å²) in [6.45, 7) is 15.9. The van der Waals surface area contributed by atoms with Crippen LogP contribution < -0.4 is 0 Å². The van der Waals surface area contributed by atoms with Gasteiger partial charge in [0.25, 0.3) is 0 Å². The van der Waals surface area contributed by atoms with Gasteiger partial charge in [-0.25, -0.2) is 0 Å². The molecule has 2 bridgehead atoms. The van der Waals surface area contributed by atoms with Crippen LogP contribution in [0.1, 0.15) is 74.1 Å². The Morgan fingerprint density at radius 2 is 1.67 bits per heavy atom. The van der Waals surface area contributed by atoms with Gasteiger partial charge in [-0.05, 0) is 48.3 Å². The average molecular weight is 335 g/mol. The maximum absolute atomic E-state index is 12.9. The zero-order valence-corrected chi connectivity index (χ0v) is 16.5. The van der Waals surface area contributed by atoms with E-state index in [1.807, 2.05) is 6.92 Å². The number of hydrogen-bond donors (Lipinski definition) is 0. The number of fused-ring (bicyclic) bond motifs is 2. The SMILES string of the molecule is C[C@H]1CC[C@@](C)(COC(=O)[C@H]2C(=O)[C@]3(C)CC[C@@H]2C3(C)C)C1(C)C. The molecule has 0 heterocycles. The summed E-state index contributed by atoms with van der Waals surface area (Å²) in [6, 6.07) is 0. The van der Waals surface area contributed by atoms with Gasteiger partial charge in [-0.15, -0.1) is 0 Å². The Morgan fingerprint density at radius 1 is 1.04 bits per heavy atom. The Kier molecular flexibility index (Phi) is 3.80. The first-order valence-electron chi connectivity index (χ1n) is 9.59. The second-order valence-electron chi connectivity index (χ2n) is 10.4. The highest BCUT2D eigenvalue weighted by molar-refractivity contribution is 6.05. The van der Waals surface area contributed by atoms with Gasteiger partial charge in [-0.2, -0.15) is 0 Å². The lowest BCUT2D eigenvalue weighted by Crippen LogP contribution is -2.40. The van der Waals surface area contributed by atoms with Crippen LogP contribution in [0.3, 0.4) is 0 Å². The molecule has 0 aromatic rings. The Morgan fingerprint density at radius 3 is 2.12 bits per heavy atom. The van der Waals surface area contributed by atoms with Gasteiger partial charge < -0.3 is 4.74 Å². The van der Waals surface area contributed by atoms with E-state index in [0.717, 1.165) is 19.3 Å². The van der Waals surface area contributed by atoms with Crippen LogP contribution in [0.4, 0.5) is 0 Å². The van der Waals surface area contributed by atoms with E-state index in [1.165, 1.54) is 6.42 Å². The first-order valence-corrected chi connectivity index (χ1v) is 9.59. The fraction of sp³-hybridized carbons (Fsp3) is 0.905. The lowest BCUT2D eigenvalue weighted by atomic mass is 9.66. The van der Waals surface area contributed by atoms with Crippen molar-refractivity contribution in [3.8, 4) is 0 Å². The van der Waals surface area contributed by atoms with Crippen LogP contribution in [0.5, 0.6) is 0 Å². The molecular weight excluding hydrogens is 300 g/mol. The van der Waals surface area contributed by atoms with Crippen molar-refractivity contribution in [2.75, 3.05) is 6.61 Å². The summed E-state index contributed by atoms with van der Waals surface area (Å²) >= 11 is 0. The van der Waals surface area contributed by atoms with Gasteiger partial charge in [-0.1, -0.05) is 48.5 Å². The van der Waals surface area contributed by atoms with E-state index < -0.39 is 5.92 Å². The first kappa shape index (κ1) is 17.9. The van der Waals surface area contributed by atoms with Gasteiger partial charge in [-0.3, -0.25) is 9.59 Å². The topological polar surface area (TPSA) is 43.4 Å². The van der Waals surface area contributed by atoms with Crippen LogP contribution in [0, 0.1) is 39.4 Å². The number of esters is 1. The molecule has 0 saturated heterocycles. The number of hydrogen-bond acceptors (Lipinski definition) is 3. The van der Waals surface area contributed by atoms with E-state index in [2.05, 4.69) is 41.5 Å². The minimum absolute atomic E-state index is 0.00215. The summed E-state index contributed by atoms with van der Waals surface area (Å²) < 4.78 is 5.80. The van der Waals surface area contributed by atoms with Crippen molar-refractivity contribution in [1.82, 2.24) is 0 Å². The Hall–Kier alpha value is -0.860. The van der Waals surface area contributed by atoms with Gasteiger partial charge in [0.05, 0.1) is 6.61 Å². The smallest absolute Gasteiger partial charge is 0.316 e. The second kappa shape index (κ2) is 5.08. The molecule has 3 rings (SSSR count). The minimum atomic E-state index is -0.538. The third-order valence-corrected chi connectivity index (χ3v) is 9.24. The predicted molar refractivity (Wildman–Crippen MR) is 94.4 cm³/mol. The monoisotopic (exact) mass is 334 g/mol. The molecule has 5 atom stereocenters. The van der Waals surface area contributed by atoms with Crippen molar-refractivity contribution in [1.29, 1.82) is 0 Å². The highest BCUT2D eigenvalue weighted by Crippen LogP contribution is 2.66. The molecule has 136 valence electrons. The summed E-state index contributed by atoms with van der Waals surface area (Å²) in [6.07, 6.45) is 4.14. The lowest BCUT2D eigenvalue weighted by molar-refractivity contribution is -0.159. The van der Waals surface area contributed by atoms with Crippen molar-refractivity contribution in [3.63, 3.8) is 0 Å². The van der Waals surface area contributed by atoms with E-state index in [0.29, 0.717) is 12.5 Å². The van der Waals surface area contributed by atoms with E-state index in [-0.39, 0.29) is 39.3 Å². The summed E-state index contributed by atoms with van der Waals surface area (Å²) in [4.78, 5) is 25.7. The molecule has 3 nitrogen and oxygen atoms in total. The standard InChI is InChI=1S/C21H34O3/c1-13-8-10-20(6,18(13,2)3)12-24-17(23)15-14-9-11-21(7,16(15)22)19(14,4)5/h13-15H,8-12H2,1-7H3/t13-,14-,15+,20-,21-/m0/s1. The molecule has 3 heteroatoms. The fourth-order valence-corrected chi connectivity index (χ4v) is 5.75. The largest absolute Gasteiger partial charge is 0.465 e. The van der Waals surface area contributed by atoms with Crippen molar-refractivity contribution in [2.45, 2.75) is 74.1 Å². The maximum Gasteiger partial charge on any atom is 0.316 e. The Balaban J connectivity index is 1.72. The van der Waals surface area contributed by atoms with Gasteiger partial charge in [0, 0.05) is 10.8 Å². The summed E-state index contributed by atoms with van der Waals surface area (Å²) in [5, 5.41) is 0. The quantitative estimate of drug-likeness (QED) is 0.558. The van der Waals surface area contributed by atoms with Crippen molar-refractivity contribution in [2.24, 2.45) is 39.4 Å². The van der Waals surface area contributed by atoms with Crippen LogP contribution in [0.2, 0.25) is 0 Å². The predicted octanol–water partition coefficient (Wildman–Crippen LogP) is 4.63. The third-order valence-electron chi connectivity index (χ3n) is 9.24. The molecule has 24 heavy (non-hydrogen) atoms. The van der Waals surface area contributed by atoms with Crippen LogP contribution in [-0.2, 0) is 14.3 Å². The zero-order chi connectivity index (χ0) is 18.1. The van der Waals surface area contributed by atoms with Crippen LogP contribution in [0.15, 0.2) is 0 Å². The number of rotatable bonds is 3. The second-order valence-corrected chi connectivity index (χ2v) is 10.4. The molecule has 0 amide bonds. The van der Waals surface area contributed by atoms with Crippen molar-refractivity contribution < 1.29 is 14.3 Å². The number of carbonyl (C=O) groups is 2. The first-order chi connectivity index (χ1) is 10.9. The minimum Gasteiger partial charge on any atom is -0.465 e. The molecule has 3 saturated carbocycles. The molecule has 0 radical (unpaired) electrons. The maximum atomic E-state index is 12.9. The molecule has 3 aliphatic rings. The van der Waals surface area contributed by atoms with E-state index in [4.69, 9.17) is 4.74 Å². The number of ketones is 1. The average Bonchev–Trinajstić information content (AvgIpc) is 2.91. The van der Waals surface area contributed by atoms with Crippen molar-refractivity contribution in [3.05, 3.63) is 0 Å². The molecule has 0 aliphatic heterocycles. The lowest BCUT2D eigenvalue weighted by Gasteiger charge is -2.40. The van der Waals surface area contributed by atoms with Crippen LogP contribution >= 0.6 is 0 Å². The molecule has 0 N–H and O–H groups in total. The molecule has 0 spiro atoms. The molecule has 3 aliphatic carbocycles. The number of ether oxygens (including phenoxy) is 1. The van der Waals surface area contributed by atoms with Gasteiger partial charge in [0.15, 0.2) is 5.78 Å². The summed E-state index contributed by atoms with van der Waals surface area (Å²) in [5.41, 5.74) is -0.301. The normalized spacial score (nSPS) is 45.6. The van der Waals surface area contributed by atoms with Crippen LogP contribution in [0.25, 0.3) is 0 Å². The Bertz CT molecular complexity index is 576. The van der Waals surface area contributed by atoms with Crippen LogP contribution in [-0.4, -0.2) is 18.4 Å². The third kappa shape index (κ3) is 2.02. The number of Topliss-reactive ketones (excluding diaryl/α,β-unsaturated/α-hetero) is 1. The molecule has 0 unspecified atom stereocenters. The highest BCUT2D eigenvalue weighted by atomic mass is 16.5. The van der Waals surface area contributed by atoms with E-state index >= 15 is 0 Å². The summed E-state index contributed by atoms with van der Waals surface area (Å²) in [5.74, 6) is 0.0920. The fourth-order valence-electron chi connectivity index (χ4n) is 5.75.